The summed E-state index contributed by atoms with van der Waals surface area (Å²) in [5.74, 6) is 1.44. The van der Waals surface area contributed by atoms with Gasteiger partial charge < -0.3 is 14.8 Å². The van der Waals surface area contributed by atoms with E-state index in [-0.39, 0.29) is 23.9 Å². The average molecular weight is 357 g/mol. The molecule has 7 heteroatoms. The molecule has 0 unspecified atom stereocenters. The van der Waals surface area contributed by atoms with Crippen LogP contribution in [0.5, 0.6) is 11.5 Å². The Kier molecular flexibility index (Phi) is 5.25. The molecular weight excluding hydrogens is 334 g/mol. The molecule has 1 aliphatic heterocycles. The number of aryl methyl sites for hydroxylation is 2. The molecule has 0 radical (unpaired) electrons. The van der Waals surface area contributed by atoms with Crippen molar-refractivity contribution in [3.63, 3.8) is 0 Å². The quantitative estimate of drug-likeness (QED) is 0.870. The minimum Gasteiger partial charge on any atom is -0.493 e. The van der Waals surface area contributed by atoms with Crippen molar-refractivity contribution in [2.75, 3.05) is 20.3 Å². The first-order valence-corrected chi connectivity index (χ1v) is 8.58. The average Bonchev–Trinajstić information content (AvgIpc) is 2.63. The Labute approximate surface area is 151 Å². The number of hydrogen-bond donors (Lipinski definition) is 1. The van der Waals surface area contributed by atoms with Gasteiger partial charge in [0.25, 0.3) is 5.56 Å². The summed E-state index contributed by atoms with van der Waals surface area (Å²) in [6.45, 7) is 4.54. The molecule has 26 heavy (non-hydrogen) atoms. The lowest BCUT2D eigenvalue weighted by Gasteiger charge is -2.26. The Morgan fingerprint density at radius 1 is 1.42 bits per heavy atom. The fourth-order valence-corrected chi connectivity index (χ4v) is 2.99. The summed E-state index contributed by atoms with van der Waals surface area (Å²) in [4.78, 5) is 24.1. The molecule has 138 valence electrons. The second-order valence-electron chi connectivity index (χ2n) is 6.54. The highest BCUT2D eigenvalue weighted by Gasteiger charge is 2.23. The number of benzene rings is 1. The van der Waals surface area contributed by atoms with Crippen molar-refractivity contribution < 1.29 is 14.3 Å². The summed E-state index contributed by atoms with van der Waals surface area (Å²) in [6.07, 6.45) is 0.800. The Bertz CT molecular complexity index is 876. The van der Waals surface area contributed by atoms with E-state index in [4.69, 9.17) is 9.47 Å². The van der Waals surface area contributed by atoms with Gasteiger partial charge in [-0.15, -0.1) is 0 Å². The van der Waals surface area contributed by atoms with Crippen LogP contribution in [0, 0.1) is 19.8 Å². The maximum absolute atomic E-state index is 12.2. The molecule has 1 N–H and O–H groups in total. The van der Waals surface area contributed by atoms with E-state index in [1.165, 1.54) is 10.7 Å². The highest BCUT2D eigenvalue weighted by Crippen LogP contribution is 2.35. The van der Waals surface area contributed by atoms with Crippen molar-refractivity contribution in [2.45, 2.75) is 26.8 Å². The molecule has 0 fully saturated rings. The Balaban J connectivity index is 1.57. The minimum atomic E-state index is -0.273. The van der Waals surface area contributed by atoms with Gasteiger partial charge >= 0.3 is 0 Å². The number of amides is 1. The summed E-state index contributed by atoms with van der Waals surface area (Å²) in [5.41, 5.74) is 2.36. The monoisotopic (exact) mass is 357 g/mol. The third kappa shape index (κ3) is 3.87. The zero-order valence-electron chi connectivity index (χ0n) is 15.2. The highest BCUT2D eigenvalue weighted by molar-refractivity contribution is 5.75. The molecular formula is C19H23N3O4. The standard InChI is InChI=1S/C19H23N3O4/c1-12-7-18(24)22(21-13(12)2)10-17(23)20-9-14-8-15-5-4-6-16(25-3)19(15)26-11-14/h4-7,14H,8-11H2,1-3H3,(H,20,23)/t14-/m0/s1. The van der Waals surface area contributed by atoms with Crippen molar-refractivity contribution in [2.24, 2.45) is 5.92 Å². The first-order valence-electron chi connectivity index (χ1n) is 8.58. The van der Waals surface area contributed by atoms with Crippen LogP contribution in [0.2, 0.25) is 0 Å². The predicted octanol–water partition coefficient (Wildman–Crippen LogP) is 1.24. The minimum absolute atomic E-state index is 0.0854. The van der Waals surface area contributed by atoms with Gasteiger partial charge in [-0.25, -0.2) is 4.68 Å². The molecule has 1 aromatic carbocycles. The van der Waals surface area contributed by atoms with Crippen molar-refractivity contribution >= 4 is 5.91 Å². The molecule has 2 aromatic rings. The number of rotatable bonds is 5. The van der Waals surface area contributed by atoms with Gasteiger partial charge in [-0.1, -0.05) is 12.1 Å². The number of nitrogens with one attached hydrogen (secondary N) is 1. The normalized spacial score (nSPS) is 15.7. The molecule has 1 atom stereocenters. The van der Waals surface area contributed by atoms with Crippen molar-refractivity contribution in [3.8, 4) is 11.5 Å². The van der Waals surface area contributed by atoms with Crippen LogP contribution in [0.15, 0.2) is 29.1 Å². The van der Waals surface area contributed by atoms with Crippen molar-refractivity contribution in [1.82, 2.24) is 15.1 Å². The van der Waals surface area contributed by atoms with Crippen LogP contribution < -0.4 is 20.3 Å². The molecule has 0 spiro atoms. The number of aromatic nitrogens is 2. The summed E-state index contributed by atoms with van der Waals surface area (Å²) >= 11 is 0. The van der Waals surface area contributed by atoms with E-state index in [0.29, 0.717) is 13.2 Å². The van der Waals surface area contributed by atoms with E-state index in [9.17, 15) is 9.59 Å². The Morgan fingerprint density at radius 3 is 3.00 bits per heavy atom. The van der Waals surface area contributed by atoms with Crippen LogP contribution in [0.1, 0.15) is 16.8 Å². The van der Waals surface area contributed by atoms with Gasteiger partial charge in [0.2, 0.25) is 5.91 Å². The van der Waals surface area contributed by atoms with E-state index in [2.05, 4.69) is 10.4 Å². The fraction of sp³-hybridized carbons (Fsp3) is 0.421. The molecule has 0 bridgehead atoms. The molecule has 3 rings (SSSR count). The van der Waals surface area contributed by atoms with E-state index in [1.807, 2.05) is 32.0 Å². The molecule has 2 heterocycles. The first kappa shape index (κ1) is 18.0. The smallest absolute Gasteiger partial charge is 0.267 e. The van der Waals surface area contributed by atoms with Crippen LogP contribution in [-0.4, -0.2) is 35.9 Å². The third-order valence-electron chi connectivity index (χ3n) is 4.57. The van der Waals surface area contributed by atoms with Gasteiger partial charge in [0.05, 0.1) is 19.4 Å². The van der Waals surface area contributed by atoms with Crippen LogP contribution >= 0.6 is 0 Å². The molecule has 1 aliphatic rings. The van der Waals surface area contributed by atoms with Gasteiger partial charge in [-0.05, 0) is 37.5 Å². The lowest BCUT2D eigenvalue weighted by atomic mass is 9.96. The number of methoxy groups -OCH3 is 1. The van der Waals surface area contributed by atoms with Crippen molar-refractivity contribution in [1.29, 1.82) is 0 Å². The van der Waals surface area contributed by atoms with E-state index >= 15 is 0 Å². The lowest BCUT2D eigenvalue weighted by molar-refractivity contribution is -0.122. The van der Waals surface area contributed by atoms with Gasteiger partial charge in [0.1, 0.15) is 6.54 Å². The number of fused-ring (bicyclic) bond motifs is 1. The zero-order chi connectivity index (χ0) is 18.7. The first-order chi connectivity index (χ1) is 12.5. The summed E-state index contributed by atoms with van der Waals surface area (Å²) in [5, 5.41) is 7.03. The molecule has 0 saturated carbocycles. The highest BCUT2D eigenvalue weighted by atomic mass is 16.5. The van der Waals surface area contributed by atoms with E-state index in [0.717, 1.165) is 34.7 Å². The van der Waals surface area contributed by atoms with Gasteiger partial charge in [0.15, 0.2) is 11.5 Å². The third-order valence-corrected chi connectivity index (χ3v) is 4.57. The van der Waals surface area contributed by atoms with Gasteiger partial charge in [-0.2, -0.15) is 5.10 Å². The topological polar surface area (TPSA) is 82.4 Å². The maximum Gasteiger partial charge on any atom is 0.267 e. The number of nitrogens with zero attached hydrogens (tertiary/aromatic N) is 2. The largest absolute Gasteiger partial charge is 0.493 e. The molecule has 1 amide bonds. The number of hydrogen-bond acceptors (Lipinski definition) is 5. The van der Waals surface area contributed by atoms with Gasteiger partial charge in [0, 0.05) is 18.5 Å². The van der Waals surface area contributed by atoms with Crippen LogP contribution in [0.3, 0.4) is 0 Å². The van der Waals surface area contributed by atoms with Crippen molar-refractivity contribution in [3.05, 3.63) is 51.4 Å². The second kappa shape index (κ2) is 7.59. The number of carbonyl (C=O) groups excluding carboxylic acids is 1. The molecule has 0 saturated heterocycles. The van der Waals surface area contributed by atoms with Crippen LogP contribution in [0.4, 0.5) is 0 Å². The molecule has 0 aliphatic carbocycles. The SMILES string of the molecule is COc1cccc2c1OC[C@H](CNC(=O)Cn1nc(C)c(C)cc1=O)C2. The molecule has 1 aromatic heterocycles. The zero-order valence-corrected chi connectivity index (χ0v) is 15.2. The van der Waals surface area contributed by atoms with E-state index < -0.39 is 0 Å². The summed E-state index contributed by atoms with van der Waals surface area (Å²) in [7, 11) is 1.62. The Morgan fingerprint density at radius 2 is 2.23 bits per heavy atom. The predicted molar refractivity (Wildman–Crippen MR) is 96.7 cm³/mol. The Hall–Kier alpha value is -2.83. The lowest BCUT2D eigenvalue weighted by Crippen LogP contribution is -2.38. The summed E-state index contributed by atoms with van der Waals surface area (Å²) in [6, 6.07) is 7.30. The second-order valence-corrected chi connectivity index (χ2v) is 6.54. The van der Waals surface area contributed by atoms with Gasteiger partial charge in [-0.3, -0.25) is 9.59 Å². The summed E-state index contributed by atoms with van der Waals surface area (Å²) < 4.78 is 12.3. The maximum atomic E-state index is 12.2. The van der Waals surface area contributed by atoms with Crippen LogP contribution in [0.25, 0.3) is 0 Å². The number of para-hydroxylation sites is 1. The number of ether oxygens (including phenoxy) is 2. The van der Waals surface area contributed by atoms with E-state index in [1.54, 1.807) is 7.11 Å². The molecule has 7 nitrogen and oxygen atoms in total. The van der Waals surface area contributed by atoms with Crippen LogP contribution in [-0.2, 0) is 17.8 Å². The number of carbonyl (C=O) groups is 1. The fourth-order valence-electron chi connectivity index (χ4n) is 2.99.